The van der Waals surface area contributed by atoms with Crippen LogP contribution in [0.2, 0.25) is 0 Å². The van der Waals surface area contributed by atoms with E-state index in [1.807, 2.05) is 4.90 Å². The largest absolute Gasteiger partial charge is 0.374 e. The number of aromatic nitrogens is 4. The van der Waals surface area contributed by atoms with Gasteiger partial charge in [0.1, 0.15) is 18.4 Å². The number of nitrogens with zero attached hydrogens (tertiary/aromatic N) is 5. The van der Waals surface area contributed by atoms with E-state index in [-0.39, 0.29) is 12.0 Å². The molecule has 9 heteroatoms. The molecule has 0 bridgehead atoms. The van der Waals surface area contributed by atoms with Crippen LogP contribution in [-0.4, -0.2) is 63.1 Å². The van der Waals surface area contributed by atoms with Crippen LogP contribution in [-0.2, 0) is 16.1 Å². The summed E-state index contributed by atoms with van der Waals surface area (Å²) in [5.41, 5.74) is 0. The second-order valence-corrected chi connectivity index (χ2v) is 5.22. The number of carbonyl (C=O) groups excluding carboxylic acids is 1. The number of amides is 1. The average Bonchev–Trinajstić information content (AvgIpc) is 3.11. The predicted octanol–water partition coefficient (Wildman–Crippen LogP) is -0.0860. The zero-order valence-electron chi connectivity index (χ0n) is 12.3. The van der Waals surface area contributed by atoms with E-state index in [1.54, 1.807) is 24.0 Å². The monoisotopic (exact) mass is 306 g/mol. The fourth-order valence-electron chi connectivity index (χ4n) is 2.38. The Morgan fingerprint density at radius 1 is 1.55 bits per heavy atom. The molecule has 1 aliphatic heterocycles. The molecule has 0 saturated carbocycles. The second kappa shape index (κ2) is 6.67. The first-order valence-electron chi connectivity index (χ1n) is 7.08. The molecule has 1 N–H and O–H groups in total. The van der Waals surface area contributed by atoms with Gasteiger partial charge in [-0.25, -0.2) is 4.98 Å². The number of carbonyl (C=O) groups is 1. The number of anilines is 1. The molecular weight excluding hydrogens is 288 g/mol. The van der Waals surface area contributed by atoms with Crippen molar-refractivity contribution in [2.75, 3.05) is 31.6 Å². The summed E-state index contributed by atoms with van der Waals surface area (Å²) in [4.78, 5) is 18.0. The Hall–Kier alpha value is -2.26. The SMILES string of the molecule is Cc1cc(NC(=O)CN2CCO[C@H](Cn3cncn3)C2)no1. The third-order valence-corrected chi connectivity index (χ3v) is 3.34. The van der Waals surface area contributed by atoms with Crippen LogP contribution in [0.25, 0.3) is 0 Å². The van der Waals surface area contributed by atoms with E-state index in [4.69, 9.17) is 9.26 Å². The lowest BCUT2D eigenvalue weighted by molar-refractivity contribution is -0.119. The molecule has 3 rings (SSSR count). The van der Waals surface area contributed by atoms with Gasteiger partial charge in [0.15, 0.2) is 5.82 Å². The average molecular weight is 306 g/mol. The lowest BCUT2D eigenvalue weighted by Gasteiger charge is -2.32. The molecule has 1 fully saturated rings. The van der Waals surface area contributed by atoms with Crippen molar-refractivity contribution in [3.05, 3.63) is 24.5 Å². The summed E-state index contributed by atoms with van der Waals surface area (Å²) < 4.78 is 12.3. The van der Waals surface area contributed by atoms with Gasteiger partial charge in [0.05, 0.1) is 25.8 Å². The van der Waals surface area contributed by atoms with Gasteiger partial charge in [0.2, 0.25) is 5.91 Å². The summed E-state index contributed by atoms with van der Waals surface area (Å²) in [6.45, 7) is 4.68. The van der Waals surface area contributed by atoms with Crippen molar-refractivity contribution in [2.24, 2.45) is 0 Å². The summed E-state index contributed by atoms with van der Waals surface area (Å²) in [7, 11) is 0. The molecule has 2 aromatic rings. The highest BCUT2D eigenvalue weighted by atomic mass is 16.5. The zero-order chi connectivity index (χ0) is 15.4. The standard InChI is InChI=1S/C13H18N6O3/c1-10-4-12(17-22-10)16-13(20)7-18-2-3-21-11(5-18)6-19-9-14-8-15-19/h4,8-9,11H,2-3,5-7H2,1H3,(H,16,17,20)/t11-/m0/s1. The minimum absolute atomic E-state index is 0.00227. The minimum atomic E-state index is -0.116. The Labute approximate surface area is 127 Å². The fourth-order valence-corrected chi connectivity index (χ4v) is 2.38. The van der Waals surface area contributed by atoms with Crippen LogP contribution in [0.1, 0.15) is 5.76 Å². The summed E-state index contributed by atoms with van der Waals surface area (Å²) in [5, 5.41) is 10.5. The lowest BCUT2D eigenvalue weighted by atomic mass is 10.2. The molecule has 0 unspecified atom stereocenters. The quantitative estimate of drug-likeness (QED) is 0.824. The molecule has 22 heavy (non-hydrogen) atoms. The highest BCUT2D eigenvalue weighted by molar-refractivity contribution is 5.91. The predicted molar refractivity (Wildman–Crippen MR) is 76.1 cm³/mol. The number of aryl methyl sites for hydroxylation is 1. The van der Waals surface area contributed by atoms with Crippen molar-refractivity contribution in [1.29, 1.82) is 0 Å². The molecular formula is C13H18N6O3. The molecule has 0 aromatic carbocycles. The smallest absolute Gasteiger partial charge is 0.239 e. The van der Waals surface area contributed by atoms with Crippen molar-refractivity contribution >= 4 is 11.7 Å². The van der Waals surface area contributed by atoms with Crippen LogP contribution in [0, 0.1) is 6.92 Å². The van der Waals surface area contributed by atoms with Gasteiger partial charge < -0.3 is 14.6 Å². The third-order valence-electron chi connectivity index (χ3n) is 3.34. The van der Waals surface area contributed by atoms with Crippen molar-refractivity contribution in [3.8, 4) is 0 Å². The van der Waals surface area contributed by atoms with E-state index in [1.165, 1.54) is 6.33 Å². The van der Waals surface area contributed by atoms with E-state index >= 15 is 0 Å². The maximum atomic E-state index is 12.0. The zero-order valence-corrected chi connectivity index (χ0v) is 12.3. The first kappa shape index (κ1) is 14.7. The molecule has 3 heterocycles. The van der Waals surface area contributed by atoms with Crippen LogP contribution in [0.3, 0.4) is 0 Å². The molecule has 0 radical (unpaired) electrons. The number of rotatable bonds is 5. The topological polar surface area (TPSA) is 98.3 Å². The third kappa shape index (κ3) is 3.89. The molecule has 1 saturated heterocycles. The number of hydrogen-bond donors (Lipinski definition) is 1. The van der Waals surface area contributed by atoms with Crippen molar-refractivity contribution < 1.29 is 14.1 Å². The number of nitrogens with one attached hydrogen (secondary N) is 1. The maximum Gasteiger partial charge on any atom is 0.239 e. The van der Waals surface area contributed by atoms with Gasteiger partial charge in [0.25, 0.3) is 0 Å². The molecule has 1 atom stereocenters. The van der Waals surface area contributed by atoms with Crippen LogP contribution in [0.4, 0.5) is 5.82 Å². The van der Waals surface area contributed by atoms with E-state index in [0.717, 1.165) is 6.54 Å². The maximum absolute atomic E-state index is 12.0. The van der Waals surface area contributed by atoms with Crippen molar-refractivity contribution in [1.82, 2.24) is 24.8 Å². The number of ether oxygens (including phenoxy) is 1. The molecule has 118 valence electrons. The summed E-state index contributed by atoms with van der Waals surface area (Å²) in [6, 6.07) is 1.69. The van der Waals surface area contributed by atoms with Crippen LogP contribution in [0.15, 0.2) is 23.2 Å². The van der Waals surface area contributed by atoms with E-state index in [0.29, 0.717) is 37.8 Å². The van der Waals surface area contributed by atoms with Gasteiger partial charge in [-0.1, -0.05) is 5.16 Å². The Balaban J connectivity index is 1.48. The Morgan fingerprint density at radius 2 is 2.45 bits per heavy atom. The lowest BCUT2D eigenvalue weighted by Crippen LogP contribution is -2.47. The summed E-state index contributed by atoms with van der Waals surface area (Å²) in [5.74, 6) is 0.985. The second-order valence-electron chi connectivity index (χ2n) is 5.22. The van der Waals surface area contributed by atoms with Crippen molar-refractivity contribution in [2.45, 2.75) is 19.6 Å². The Morgan fingerprint density at radius 3 is 3.18 bits per heavy atom. The fraction of sp³-hybridized carbons (Fsp3) is 0.538. The highest BCUT2D eigenvalue weighted by Gasteiger charge is 2.23. The van der Waals surface area contributed by atoms with Gasteiger partial charge in [-0.3, -0.25) is 14.4 Å². The van der Waals surface area contributed by atoms with Gasteiger partial charge >= 0.3 is 0 Å². The molecule has 0 spiro atoms. The molecule has 2 aromatic heterocycles. The summed E-state index contributed by atoms with van der Waals surface area (Å²) in [6.07, 6.45) is 3.15. The highest BCUT2D eigenvalue weighted by Crippen LogP contribution is 2.09. The molecule has 9 nitrogen and oxygen atoms in total. The van der Waals surface area contributed by atoms with Gasteiger partial charge in [-0.2, -0.15) is 5.10 Å². The Bertz CT molecular complexity index is 611. The van der Waals surface area contributed by atoms with Crippen molar-refractivity contribution in [3.63, 3.8) is 0 Å². The van der Waals surface area contributed by atoms with Gasteiger partial charge in [-0.15, -0.1) is 0 Å². The van der Waals surface area contributed by atoms with Crippen LogP contribution >= 0.6 is 0 Å². The number of morpholine rings is 1. The normalized spacial score (nSPS) is 19.2. The summed E-state index contributed by atoms with van der Waals surface area (Å²) >= 11 is 0. The first-order chi connectivity index (χ1) is 10.7. The minimum Gasteiger partial charge on any atom is -0.374 e. The van der Waals surface area contributed by atoms with Gasteiger partial charge in [0, 0.05) is 19.2 Å². The first-order valence-corrected chi connectivity index (χ1v) is 7.08. The molecule has 1 amide bonds. The van der Waals surface area contributed by atoms with Crippen LogP contribution in [0.5, 0.6) is 0 Å². The van der Waals surface area contributed by atoms with E-state index in [2.05, 4.69) is 20.6 Å². The molecule has 1 aliphatic rings. The number of hydrogen-bond acceptors (Lipinski definition) is 7. The molecule has 0 aliphatic carbocycles. The Kier molecular flexibility index (Phi) is 4.45. The van der Waals surface area contributed by atoms with E-state index in [9.17, 15) is 4.79 Å². The van der Waals surface area contributed by atoms with Crippen LogP contribution < -0.4 is 5.32 Å². The van der Waals surface area contributed by atoms with Gasteiger partial charge in [-0.05, 0) is 6.92 Å². The van der Waals surface area contributed by atoms with E-state index < -0.39 is 0 Å².